The van der Waals surface area contributed by atoms with Gasteiger partial charge in [-0.25, -0.2) is 0 Å². The monoisotopic (exact) mass is 208 g/mol. The summed E-state index contributed by atoms with van der Waals surface area (Å²) in [6, 6.07) is 5.00. The molecule has 2 N–H and O–H groups in total. The summed E-state index contributed by atoms with van der Waals surface area (Å²) in [5.74, 6) is 0.0121. The zero-order valence-electron chi connectivity index (χ0n) is 7.21. The Labute approximate surface area is 84.5 Å². The lowest BCUT2D eigenvalue weighted by molar-refractivity contribution is 0.417. The predicted octanol–water partition coefficient (Wildman–Crippen LogP) is 1.54. The van der Waals surface area contributed by atoms with Crippen LogP contribution in [0.1, 0.15) is 10.7 Å². The molecular formula is C9H8N2O2S. The van der Waals surface area contributed by atoms with Gasteiger partial charge in [0.25, 0.3) is 0 Å². The number of rotatable bonds is 2. The van der Waals surface area contributed by atoms with E-state index in [0.717, 1.165) is 10.9 Å². The summed E-state index contributed by atoms with van der Waals surface area (Å²) in [6.45, 7) is 0. The van der Waals surface area contributed by atoms with Crippen LogP contribution in [0.2, 0.25) is 0 Å². The molecule has 0 fully saturated rings. The molecule has 2 rings (SSSR count). The maximum atomic E-state index is 9.11. The Hall–Kier alpha value is -1.62. The molecule has 0 bridgehead atoms. The Morgan fingerprint density at radius 3 is 2.50 bits per heavy atom. The first-order valence-electron chi connectivity index (χ1n) is 4.02. The molecule has 2 aromatic heterocycles. The van der Waals surface area contributed by atoms with Gasteiger partial charge in [0.05, 0.1) is 6.07 Å². The largest absolute Gasteiger partial charge is 0.493 e. The number of thiophene rings is 1. The molecule has 0 saturated heterocycles. The molecule has 4 nitrogen and oxygen atoms in total. The quantitative estimate of drug-likeness (QED) is 0.785. The van der Waals surface area contributed by atoms with E-state index < -0.39 is 0 Å². The van der Waals surface area contributed by atoms with E-state index in [1.807, 2.05) is 17.5 Å². The van der Waals surface area contributed by atoms with Crippen molar-refractivity contribution in [3.8, 4) is 11.8 Å². The van der Waals surface area contributed by atoms with E-state index in [9.17, 15) is 0 Å². The van der Waals surface area contributed by atoms with Crippen LogP contribution < -0.4 is 0 Å². The molecule has 0 aliphatic rings. The second-order valence-electron chi connectivity index (χ2n) is 2.76. The molecule has 0 unspecified atom stereocenters. The number of nitrogens with zero attached hydrogens (tertiary/aromatic N) is 2. The van der Waals surface area contributed by atoms with Crippen molar-refractivity contribution in [3.05, 3.63) is 34.3 Å². The lowest BCUT2D eigenvalue weighted by Crippen LogP contribution is -1.94. The fourth-order valence-electron chi connectivity index (χ4n) is 1.12. The number of hydrogen-bond donors (Lipinski definition) is 2. The molecule has 2 aromatic rings. The topological polar surface area (TPSA) is 66.2 Å². The van der Waals surface area contributed by atoms with Crippen molar-refractivity contribution < 1.29 is 10.2 Å². The van der Waals surface area contributed by atoms with E-state index in [2.05, 4.69) is 9.97 Å². The normalized spacial score (nSPS) is 10.3. The molecule has 0 radical (unpaired) electrons. The van der Waals surface area contributed by atoms with Crippen molar-refractivity contribution in [2.75, 3.05) is 0 Å². The fraction of sp³-hybridized carbons (Fsp3) is 0.111. The van der Waals surface area contributed by atoms with Gasteiger partial charge in [0, 0.05) is 11.3 Å². The van der Waals surface area contributed by atoms with Crippen LogP contribution in [0.3, 0.4) is 0 Å². The Kier molecular flexibility index (Phi) is 2.32. The highest BCUT2D eigenvalue weighted by molar-refractivity contribution is 7.09. The first-order valence-corrected chi connectivity index (χ1v) is 4.90. The van der Waals surface area contributed by atoms with Gasteiger partial charge in [0.2, 0.25) is 11.8 Å². The number of aromatic nitrogens is 2. The van der Waals surface area contributed by atoms with Crippen molar-refractivity contribution in [2.24, 2.45) is 0 Å². The highest BCUT2D eigenvalue weighted by Crippen LogP contribution is 2.17. The average molecular weight is 208 g/mol. The van der Waals surface area contributed by atoms with Gasteiger partial charge in [-0.3, -0.25) is 0 Å². The molecule has 0 aromatic carbocycles. The first kappa shape index (κ1) is 8.96. The highest BCUT2D eigenvalue weighted by Gasteiger charge is 2.04. The Balaban J connectivity index is 2.25. The van der Waals surface area contributed by atoms with Gasteiger partial charge in [-0.15, -0.1) is 11.3 Å². The van der Waals surface area contributed by atoms with Gasteiger partial charge in [-0.2, -0.15) is 9.97 Å². The maximum absolute atomic E-state index is 9.11. The summed E-state index contributed by atoms with van der Waals surface area (Å²) in [6.07, 6.45) is 0.527. The third-order valence-corrected chi connectivity index (χ3v) is 2.53. The third kappa shape index (κ3) is 2.00. The van der Waals surface area contributed by atoms with Crippen LogP contribution in [0.5, 0.6) is 11.8 Å². The van der Waals surface area contributed by atoms with Gasteiger partial charge >= 0.3 is 0 Å². The molecule has 0 atom stereocenters. The number of hydrogen-bond acceptors (Lipinski definition) is 5. The van der Waals surface area contributed by atoms with E-state index >= 15 is 0 Å². The number of aromatic hydroxyl groups is 2. The minimum Gasteiger partial charge on any atom is -0.493 e. The van der Waals surface area contributed by atoms with Crippen LogP contribution in [0.25, 0.3) is 0 Å². The van der Waals surface area contributed by atoms with Crippen molar-refractivity contribution in [3.63, 3.8) is 0 Å². The smallest absolute Gasteiger partial charge is 0.217 e. The van der Waals surface area contributed by atoms with Crippen LogP contribution in [0.15, 0.2) is 23.6 Å². The summed E-state index contributed by atoms with van der Waals surface area (Å²) < 4.78 is 0. The van der Waals surface area contributed by atoms with Gasteiger partial charge < -0.3 is 10.2 Å². The maximum Gasteiger partial charge on any atom is 0.217 e. The summed E-state index contributed by atoms with van der Waals surface area (Å²) in [4.78, 5) is 8.69. The molecule has 2 heterocycles. The van der Waals surface area contributed by atoms with Crippen molar-refractivity contribution in [1.29, 1.82) is 0 Å². The summed E-state index contributed by atoms with van der Waals surface area (Å²) in [5.41, 5.74) is 0. The van der Waals surface area contributed by atoms with E-state index in [1.165, 1.54) is 0 Å². The summed E-state index contributed by atoms with van der Waals surface area (Å²) >= 11 is 1.59. The minimum absolute atomic E-state index is 0.205. The van der Waals surface area contributed by atoms with Gasteiger partial charge in [-0.05, 0) is 11.4 Å². The molecule has 0 saturated carbocycles. The standard InChI is InChI=1S/C9H8N2O2S/c12-8-5-9(13)11-7(10-8)4-6-2-1-3-14-6/h1-3,5H,4H2,(H2,10,11,12,13). The molecule has 14 heavy (non-hydrogen) atoms. The van der Waals surface area contributed by atoms with Crippen LogP contribution in [-0.2, 0) is 6.42 Å². The fourth-order valence-corrected chi connectivity index (χ4v) is 1.82. The summed E-state index contributed by atoms with van der Waals surface area (Å²) in [5, 5.41) is 20.2. The lowest BCUT2D eigenvalue weighted by atomic mass is 10.3. The van der Waals surface area contributed by atoms with Gasteiger partial charge in [0.1, 0.15) is 5.82 Å². The molecule has 5 heteroatoms. The molecule has 0 aliphatic carbocycles. The van der Waals surface area contributed by atoms with Crippen LogP contribution in [0, 0.1) is 0 Å². The van der Waals surface area contributed by atoms with Crippen molar-refractivity contribution in [1.82, 2.24) is 9.97 Å². The second kappa shape index (κ2) is 3.63. The predicted molar refractivity (Wildman–Crippen MR) is 52.5 cm³/mol. The third-order valence-electron chi connectivity index (χ3n) is 1.66. The van der Waals surface area contributed by atoms with E-state index in [-0.39, 0.29) is 11.8 Å². The Morgan fingerprint density at radius 2 is 1.93 bits per heavy atom. The van der Waals surface area contributed by atoms with Crippen LogP contribution in [-0.4, -0.2) is 20.2 Å². The summed E-state index contributed by atoms with van der Waals surface area (Å²) in [7, 11) is 0. The van der Waals surface area contributed by atoms with Crippen LogP contribution >= 0.6 is 11.3 Å². The van der Waals surface area contributed by atoms with Crippen molar-refractivity contribution >= 4 is 11.3 Å². The van der Waals surface area contributed by atoms with Gasteiger partial charge in [-0.1, -0.05) is 6.07 Å². The van der Waals surface area contributed by atoms with E-state index in [4.69, 9.17) is 10.2 Å². The first-order chi connectivity index (χ1) is 6.74. The van der Waals surface area contributed by atoms with E-state index in [0.29, 0.717) is 12.2 Å². The Bertz CT molecular complexity index is 408. The van der Waals surface area contributed by atoms with Crippen molar-refractivity contribution in [2.45, 2.75) is 6.42 Å². The van der Waals surface area contributed by atoms with E-state index in [1.54, 1.807) is 11.3 Å². The lowest BCUT2D eigenvalue weighted by Gasteiger charge is -1.99. The molecule has 72 valence electrons. The van der Waals surface area contributed by atoms with Gasteiger partial charge in [0.15, 0.2) is 0 Å². The zero-order chi connectivity index (χ0) is 9.97. The molecular weight excluding hydrogens is 200 g/mol. The molecule has 0 amide bonds. The van der Waals surface area contributed by atoms with Crippen LogP contribution in [0.4, 0.5) is 0 Å². The Morgan fingerprint density at radius 1 is 1.21 bits per heavy atom. The average Bonchev–Trinajstić information content (AvgIpc) is 2.54. The SMILES string of the molecule is Oc1cc(O)nc(Cc2cccs2)n1. The molecule has 0 aliphatic heterocycles. The highest BCUT2D eigenvalue weighted by atomic mass is 32.1. The molecule has 0 spiro atoms. The second-order valence-corrected chi connectivity index (χ2v) is 3.79. The minimum atomic E-state index is -0.205. The zero-order valence-corrected chi connectivity index (χ0v) is 8.03.